The van der Waals surface area contributed by atoms with Crippen LogP contribution >= 0.6 is 24.0 Å². The Labute approximate surface area is 179 Å². The van der Waals surface area contributed by atoms with Crippen LogP contribution in [0.15, 0.2) is 58.1 Å². The highest BCUT2D eigenvalue weighted by molar-refractivity contribution is 14.0. The minimum Gasteiger partial charge on any atom is -0.467 e. The van der Waals surface area contributed by atoms with Gasteiger partial charge in [-0.2, -0.15) is 0 Å². The van der Waals surface area contributed by atoms with Gasteiger partial charge < -0.3 is 19.4 Å². The Kier molecular flexibility index (Phi) is 9.69. The summed E-state index contributed by atoms with van der Waals surface area (Å²) < 4.78 is 10.9. The molecule has 5 nitrogen and oxygen atoms in total. The Balaban J connectivity index is 0.00000261. The van der Waals surface area contributed by atoms with Gasteiger partial charge in [0.05, 0.1) is 6.26 Å². The van der Waals surface area contributed by atoms with Crippen LogP contribution in [0.3, 0.4) is 0 Å². The first-order valence-corrected chi connectivity index (χ1v) is 9.55. The zero-order valence-electron chi connectivity index (χ0n) is 16.0. The van der Waals surface area contributed by atoms with E-state index in [0.717, 1.165) is 44.3 Å². The van der Waals surface area contributed by atoms with Crippen LogP contribution in [0.1, 0.15) is 37.0 Å². The summed E-state index contributed by atoms with van der Waals surface area (Å²) in [6, 6.07) is 14.6. The lowest BCUT2D eigenvalue weighted by molar-refractivity contribution is 0.105. The van der Waals surface area contributed by atoms with Crippen molar-refractivity contribution in [3.63, 3.8) is 0 Å². The van der Waals surface area contributed by atoms with Gasteiger partial charge in [0.2, 0.25) is 0 Å². The van der Waals surface area contributed by atoms with E-state index in [0.29, 0.717) is 19.1 Å². The highest BCUT2D eigenvalue weighted by atomic mass is 127. The number of nitrogens with zero attached hydrogens (tertiary/aromatic N) is 2. The number of ether oxygens (including phenoxy) is 1. The Bertz CT molecular complexity index is 661. The maximum Gasteiger partial charge on any atom is 0.193 e. The van der Waals surface area contributed by atoms with Gasteiger partial charge in [-0.25, -0.2) is 0 Å². The molecule has 0 amide bonds. The molecule has 6 heteroatoms. The predicted octanol–water partition coefficient (Wildman–Crippen LogP) is 4.26. The van der Waals surface area contributed by atoms with Crippen LogP contribution in [0.4, 0.5) is 0 Å². The standard InChI is InChI=1S/C21H29N3O2.HI/c1-2-22-21(23-12-7-14-25-17-20-10-6-15-26-20)24-13-11-19(16-24)18-8-4-3-5-9-18;/h3-6,8-10,15,19H,2,7,11-14,16-17H2,1H3,(H,22,23);1H. The molecular weight excluding hydrogens is 453 g/mol. The molecule has 0 saturated carbocycles. The van der Waals surface area contributed by atoms with E-state index in [1.165, 1.54) is 12.0 Å². The molecule has 2 aromatic rings. The summed E-state index contributed by atoms with van der Waals surface area (Å²) in [6.07, 6.45) is 3.76. The number of hydrogen-bond acceptors (Lipinski definition) is 3. The Morgan fingerprint density at radius 2 is 2.11 bits per heavy atom. The summed E-state index contributed by atoms with van der Waals surface area (Å²) in [4.78, 5) is 7.17. The van der Waals surface area contributed by atoms with Crippen molar-refractivity contribution in [2.75, 3.05) is 32.8 Å². The molecule has 3 rings (SSSR count). The van der Waals surface area contributed by atoms with Crippen LogP contribution in [-0.2, 0) is 11.3 Å². The molecule has 1 aliphatic heterocycles. The fourth-order valence-electron chi connectivity index (χ4n) is 3.29. The minimum absolute atomic E-state index is 0. The summed E-state index contributed by atoms with van der Waals surface area (Å²) in [5.41, 5.74) is 1.43. The first kappa shape index (κ1) is 21.8. The van der Waals surface area contributed by atoms with Gasteiger partial charge in [0.1, 0.15) is 12.4 Å². The lowest BCUT2D eigenvalue weighted by Crippen LogP contribution is -2.40. The molecule has 148 valence electrons. The smallest absolute Gasteiger partial charge is 0.193 e. The van der Waals surface area contributed by atoms with E-state index in [9.17, 15) is 0 Å². The minimum atomic E-state index is 0. The van der Waals surface area contributed by atoms with E-state index in [1.807, 2.05) is 12.1 Å². The van der Waals surface area contributed by atoms with Crippen molar-refractivity contribution in [3.05, 3.63) is 60.1 Å². The molecular formula is C21H30IN3O2. The van der Waals surface area contributed by atoms with Crippen LogP contribution in [0.5, 0.6) is 0 Å². The van der Waals surface area contributed by atoms with Crippen LogP contribution < -0.4 is 5.32 Å². The van der Waals surface area contributed by atoms with E-state index >= 15 is 0 Å². The van der Waals surface area contributed by atoms with Gasteiger partial charge in [-0.3, -0.25) is 4.99 Å². The average Bonchev–Trinajstić information content (AvgIpc) is 3.36. The molecule has 27 heavy (non-hydrogen) atoms. The second kappa shape index (κ2) is 12.0. The number of guanidine groups is 1. The Hall–Kier alpha value is -1.54. The average molecular weight is 483 g/mol. The first-order valence-electron chi connectivity index (χ1n) is 9.55. The number of furan rings is 1. The van der Waals surface area contributed by atoms with Crippen molar-refractivity contribution in [1.29, 1.82) is 0 Å². The molecule has 0 aliphatic carbocycles. The molecule has 1 saturated heterocycles. The van der Waals surface area contributed by atoms with Crippen molar-refractivity contribution in [3.8, 4) is 0 Å². The van der Waals surface area contributed by atoms with Crippen LogP contribution in [0, 0.1) is 0 Å². The normalized spacial score (nSPS) is 17.0. The topological polar surface area (TPSA) is 50.0 Å². The largest absolute Gasteiger partial charge is 0.467 e. The van der Waals surface area contributed by atoms with E-state index in [4.69, 9.17) is 14.1 Å². The van der Waals surface area contributed by atoms with Crippen molar-refractivity contribution in [2.45, 2.75) is 32.3 Å². The maximum absolute atomic E-state index is 5.62. The molecule has 1 unspecified atom stereocenters. The molecule has 1 aromatic carbocycles. The zero-order chi connectivity index (χ0) is 18.0. The molecule has 2 heterocycles. The molecule has 0 spiro atoms. The monoisotopic (exact) mass is 483 g/mol. The van der Waals surface area contributed by atoms with Crippen LogP contribution in [0.2, 0.25) is 0 Å². The van der Waals surface area contributed by atoms with Gasteiger partial charge in [-0.1, -0.05) is 30.3 Å². The van der Waals surface area contributed by atoms with E-state index < -0.39 is 0 Å². The number of hydrogen-bond donors (Lipinski definition) is 1. The van der Waals surface area contributed by atoms with E-state index in [-0.39, 0.29) is 24.0 Å². The maximum atomic E-state index is 5.62. The summed E-state index contributed by atoms with van der Waals surface area (Å²) in [5.74, 6) is 2.49. The molecule has 0 bridgehead atoms. The number of nitrogens with one attached hydrogen (secondary N) is 1. The SMILES string of the molecule is CCNC(=NCCCOCc1ccco1)N1CCC(c2ccccc2)C1.I. The van der Waals surface area contributed by atoms with Gasteiger partial charge in [0, 0.05) is 38.7 Å². The fourth-order valence-corrected chi connectivity index (χ4v) is 3.29. The van der Waals surface area contributed by atoms with Gasteiger partial charge >= 0.3 is 0 Å². The number of rotatable bonds is 8. The lowest BCUT2D eigenvalue weighted by Gasteiger charge is -2.21. The second-order valence-electron chi connectivity index (χ2n) is 6.56. The van der Waals surface area contributed by atoms with E-state index in [2.05, 4.69) is 47.5 Å². The molecule has 1 N–H and O–H groups in total. The zero-order valence-corrected chi connectivity index (χ0v) is 18.3. The first-order chi connectivity index (χ1) is 12.9. The molecule has 1 aliphatic rings. The molecule has 1 aromatic heterocycles. The van der Waals surface area contributed by atoms with Gasteiger partial charge in [0.15, 0.2) is 5.96 Å². The summed E-state index contributed by atoms with van der Waals surface area (Å²) in [6.45, 7) is 7.09. The van der Waals surface area contributed by atoms with Crippen LogP contribution in [-0.4, -0.2) is 43.6 Å². The highest BCUT2D eigenvalue weighted by Gasteiger charge is 2.25. The number of aliphatic imine (C=N–C) groups is 1. The highest BCUT2D eigenvalue weighted by Crippen LogP contribution is 2.26. The van der Waals surface area contributed by atoms with Crippen LogP contribution in [0.25, 0.3) is 0 Å². The molecule has 1 atom stereocenters. The Morgan fingerprint density at radius 1 is 1.26 bits per heavy atom. The van der Waals surface area contributed by atoms with Crippen molar-refractivity contribution in [2.24, 2.45) is 4.99 Å². The molecule has 0 radical (unpaired) electrons. The lowest BCUT2D eigenvalue weighted by atomic mass is 9.99. The number of likely N-dealkylation sites (tertiary alicyclic amines) is 1. The second-order valence-corrected chi connectivity index (χ2v) is 6.56. The van der Waals surface area contributed by atoms with E-state index in [1.54, 1.807) is 6.26 Å². The van der Waals surface area contributed by atoms with Crippen molar-refractivity contribution in [1.82, 2.24) is 10.2 Å². The summed E-state index contributed by atoms with van der Waals surface area (Å²) >= 11 is 0. The number of halogens is 1. The van der Waals surface area contributed by atoms with Gasteiger partial charge in [0.25, 0.3) is 0 Å². The predicted molar refractivity (Wildman–Crippen MR) is 120 cm³/mol. The Morgan fingerprint density at radius 3 is 2.85 bits per heavy atom. The van der Waals surface area contributed by atoms with Gasteiger partial charge in [-0.05, 0) is 37.5 Å². The third-order valence-corrected chi connectivity index (χ3v) is 4.63. The number of benzene rings is 1. The fraction of sp³-hybridized carbons (Fsp3) is 0.476. The third kappa shape index (κ3) is 6.84. The summed E-state index contributed by atoms with van der Waals surface area (Å²) in [7, 11) is 0. The third-order valence-electron chi connectivity index (χ3n) is 4.63. The van der Waals surface area contributed by atoms with Crippen molar-refractivity contribution < 1.29 is 9.15 Å². The van der Waals surface area contributed by atoms with Gasteiger partial charge in [-0.15, -0.1) is 24.0 Å². The molecule has 1 fully saturated rings. The van der Waals surface area contributed by atoms with Crippen molar-refractivity contribution >= 4 is 29.9 Å². The summed E-state index contributed by atoms with van der Waals surface area (Å²) in [5, 5.41) is 3.43. The quantitative estimate of drug-likeness (QED) is 0.264.